The number of hydrogen-bond acceptors (Lipinski definition) is 6. The fraction of sp³-hybridized carbons (Fsp3) is 0.514. The molecule has 48 heavy (non-hydrogen) atoms. The summed E-state index contributed by atoms with van der Waals surface area (Å²) in [4.78, 5) is 58.2. The molecule has 3 N–H and O–H groups in total. The Labute approximate surface area is 286 Å². The van der Waals surface area contributed by atoms with Crippen LogP contribution in [-0.2, 0) is 14.4 Å². The average molecular weight is 678 g/mol. The Bertz CT molecular complexity index is 1660. The van der Waals surface area contributed by atoms with Crippen LogP contribution < -0.4 is 16.0 Å². The predicted molar refractivity (Wildman–Crippen MR) is 189 cm³/mol. The van der Waals surface area contributed by atoms with Gasteiger partial charge in [0.1, 0.15) is 16.9 Å². The number of rotatable bonds is 10. The van der Waals surface area contributed by atoms with Gasteiger partial charge in [-0.25, -0.2) is 4.39 Å². The number of likely N-dealkylation sites (N-methyl/N-ethyl adjacent to an activating group) is 1. The summed E-state index contributed by atoms with van der Waals surface area (Å²) in [6.07, 6.45) is 4.72. The zero-order chi connectivity index (χ0) is 34.6. The van der Waals surface area contributed by atoms with Crippen LogP contribution in [0.25, 0.3) is 10.1 Å². The molecule has 1 unspecified atom stereocenters. The first kappa shape index (κ1) is 35.5. The molecule has 3 atom stereocenters. The van der Waals surface area contributed by atoms with Crippen LogP contribution >= 0.6 is 11.3 Å². The number of piperazine rings is 1. The fourth-order valence-electron chi connectivity index (χ4n) is 7.03. The summed E-state index contributed by atoms with van der Waals surface area (Å²) < 4.78 is 16.9. The average Bonchev–Trinajstić information content (AvgIpc) is 3.53. The maximum Gasteiger partial charge on any atom is 0.253 e. The first-order valence-corrected chi connectivity index (χ1v) is 17.9. The van der Waals surface area contributed by atoms with E-state index in [0.717, 1.165) is 55.3 Å². The molecule has 2 heterocycles. The van der Waals surface area contributed by atoms with Gasteiger partial charge in [0, 0.05) is 54.0 Å². The number of carbonyl (C=O) groups excluding carboxylic acids is 4. The second-order valence-electron chi connectivity index (χ2n) is 13.8. The Morgan fingerprint density at radius 1 is 0.979 bits per heavy atom. The third-order valence-corrected chi connectivity index (χ3v) is 11.5. The third kappa shape index (κ3) is 7.27. The number of nitrogens with one attached hydrogen (secondary N) is 3. The van der Waals surface area contributed by atoms with Gasteiger partial charge in [0.2, 0.25) is 17.7 Å². The Balaban J connectivity index is 1.38. The second-order valence-corrected chi connectivity index (χ2v) is 14.7. The molecule has 2 fully saturated rings. The molecule has 1 aromatic heterocycles. The van der Waals surface area contributed by atoms with Gasteiger partial charge in [-0.15, -0.1) is 11.3 Å². The number of anilines is 1. The van der Waals surface area contributed by atoms with E-state index in [1.165, 1.54) is 23.5 Å². The van der Waals surface area contributed by atoms with Crippen molar-refractivity contribution in [3.8, 4) is 0 Å². The van der Waals surface area contributed by atoms with Crippen molar-refractivity contribution >= 4 is 50.7 Å². The quantitative estimate of drug-likeness (QED) is 0.247. The lowest BCUT2D eigenvalue weighted by Gasteiger charge is -2.42. The monoisotopic (exact) mass is 677 g/mol. The van der Waals surface area contributed by atoms with Crippen LogP contribution in [0.15, 0.2) is 47.8 Å². The van der Waals surface area contributed by atoms with E-state index in [9.17, 15) is 19.2 Å². The standard InChI is InChI=1S/C37H48FN5O4S/c1-6-32(44)40-36(3,35(47)43-20-18-42(5)19-21-43)24(2)25-16-17-30(29(38)22-25)39-34(46)37(4,26-12-8-7-9-13-26)41-33(45)28-23-48-31-15-11-10-14-27(28)31/h10-11,14-17,22-24,26H,6-9,12-13,18-21H2,1-5H3,(H,39,46)(H,40,44)(H,41,45)/t24-,36?,37+/m0/s1. The SMILES string of the molecule is CCC(=O)NC(C)(C(=O)N1CCN(C)CC1)[C@@H](C)c1ccc(NC(=O)[C@](C)(NC(=O)c2csc3ccccc23)C2CCCCC2)c(F)c1. The van der Waals surface area contributed by atoms with E-state index in [1.807, 2.05) is 36.7 Å². The smallest absolute Gasteiger partial charge is 0.253 e. The highest BCUT2D eigenvalue weighted by atomic mass is 32.1. The van der Waals surface area contributed by atoms with Gasteiger partial charge in [-0.3, -0.25) is 19.2 Å². The summed E-state index contributed by atoms with van der Waals surface area (Å²) in [6.45, 7) is 9.51. The molecule has 11 heteroatoms. The number of carbonyl (C=O) groups is 4. The van der Waals surface area contributed by atoms with E-state index in [1.54, 1.807) is 38.7 Å². The van der Waals surface area contributed by atoms with Crippen molar-refractivity contribution in [2.45, 2.75) is 83.2 Å². The predicted octanol–water partition coefficient (Wildman–Crippen LogP) is 5.91. The molecule has 2 aliphatic rings. The number of amides is 4. The largest absolute Gasteiger partial charge is 0.341 e. The van der Waals surface area contributed by atoms with Crippen LogP contribution in [0.4, 0.5) is 10.1 Å². The van der Waals surface area contributed by atoms with Crippen molar-refractivity contribution in [1.29, 1.82) is 0 Å². The first-order valence-electron chi connectivity index (χ1n) is 17.1. The van der Waals surface area contributed by atoms with E-state index in [-0.39, 0.29) is 35.7 Å². The first-order chi connectivity index (χ1) is 22.9. The molecule has 4 amide bonds. The molecule has 1 saturated heterocycles. The molecule has 0 radical (unpaired) electrons. The third-order valence-electron chi connectivity index (χ3n) is 10.6. The summed E-state index contributed by atoms with van der Waals surface area (Å²) >= 11 is 1.48. The van der Waals surface area contributed by atoms with Crippen molar-refractivity contribution in [3.63, 3.8) is 0 Å². The summed E-state index contributed by atoms with van der Waals surface area (Å²) in [5, 5.41) is 11.4. The molecule has 1 aliphatic heterocycles. The minimum absolute atomic E-state index is 0.0158. The van der Waals surface area contributed by atoms with Crippen molar-refractivity contribution in [2.24, 2.45) is 5.92 Å². The maximum absolute atomic E-state index is 15.9. The van der Waals surface area contributed by atoms with Crippen LogP contribution in [0.1, 0.15) is 88.1 Å². The van der Waals surface area contributed by atoms with Crippen LogP contribution in [0.3, 0.4) is 0 Å². The Morgan fingerprint density at radius 2 is 1.67 bits per heavy atom. The van der Waals surface area contributed by atoms with E-state index in [2.05, 4.69) is 20.9 Å². The number of thiophene rings is 1. The van der Waals surface area contributed by atoms with Crippen LogP contribution in [0, 0.1) is 11.7 Å². The highest BCUT2D eigenvalue weighted by molar-refractivity contribution is 7.17. The van der Waals surface area contributed by atoms with Gasteiger partial charge in [0.05, 0.1) is 11.3 Å². The van der Waals surface area contributed by atoms with Gasteiger partial charge >= 0.3 is 0 Å². The zero-order valence-corrected chi connectivity index (χ0v) is 29.5. The minimum Gasteiger partial charge on any atom is -0.341 e. The molecular weight excluding hydrogens is 630 g/mol. The van der Waals surface area contributed by atoms with Gasteiger partial charge in [-0.05, 0) is 63.4 Å². The van der Waals surface area contributed by atoms with Crippen molar-refractivity contribution < 1.29 is 23.6 Å². The van der Waals surface area contributed by atoms with Gasteiger partial charge < -0.3 is 25.8 Å². The zero-order valence-electron chi connectivity index (χ0n) is 28.7. The normalized spacial score (nSPS) is 19.2. The molecular formula is C37H48FN5O4S. The van der Waals surface area contributed by atoms with Crippen molar-refractivity contribution in [3.05, 3.63) is 64.8 Å². The number of fused-ring (bicyclic) bond motifs is 1. The molecule has 0 bridgehead atoms. The van der Waals surface area contributed by atoms with Crippen LogP contribution in [0.2, 0.25) is 0 Å². The van der Waals surface area contributed by atoms with Crippen molar-refractivity contribution in [2.75, 3.05) is 38.5 Å². The lowest BCUT2D eigenvalue weighted by atomic mass is 9.74. The molecule has 5 rings (SSSR count). The van der Waals surface area contributed by atoms with Gasteiger partial charge in [0.25, 0.3) is 5.91 Å². The molecule has 9 nitrogen and oxygen atoms in total. The molecule has 2 aromatic carbocycles. The molecule has 1 aliphatic carbocycles. The summed E-state index contributed by atoms with van der Waals surface area (Å²) in [5.74, 6) is -2.65. The minimum atomic E-state index is -1.31. The Kier molecular flexibility index (Phi) is 10.9. The lowest BCUT2D eigenvalue weighted by Crippen LogP contribution is -2.62. The molecule has 258 valence electrons. The highest BCUT2D eigenvalue weighted by Crippen LogP contribution is 2.36. The number of nitrogens with zero attached hydrogens (tertiary/aromatic N) is 2. The molecule has 1 saturated carbocycles. The number of halogens is 1. The van der Waals surface area contributed by atoms with Crippen LogP contribution in [-0.4, -0.2) is 77.7 Å². The second kappa shape index (κ2) is 14.7. The van der Waals surface area contributed by atoms with Gasteiger partial charge in [0.15, 0.2) is 0 Å². The summed E-state index contributed by atoms with van der Waals surface area (Å²) in [7, 11) is 2.00. The fourth-order valence-corrected chi connectivity index (χ4v) is 7.97. The number of benzene rings is 2. The van der Waals surface area contributed by atoms with Gasteiger partial charge in [-0.1, -0.05) is 57.4 Å². The van der Waals surface area contributed by atoms with Crippen LogP contribution in [0.5, 0.6) is 0 Å². The summed E-state index contributed by atoms with van der Waals surface area (Å²) in [6, 6.07) is 12.2. The van der Waals surface area contributed by atoms with Crippen molar-refractivity contribution in [1.82, 2.24) is 20.4 Å². The Hall–Kier alpha value is -3.83. The number of hydrogen-bond donors (Lipinski definition) is 3. The summed E-state index contributed by atoms with van der Waals surface area (Å²) in [5.41, 5.74) is -1.58. The molecule has 0 spiro atoms. The highest BCUT2D eigenvalue weighted by Gasteiger charge is 2.45. The van der Waals surface area contributed by atoms with E-state index in [0.29, 0.717) is 24.2 Å². The maximum atomic E-state index is 15.9. The molecule has 3 aromatic rings. The van der Waals surface area contributed by atoms with E-state index in [4.69, 9.17) is 0 Å². The Morgan fingerprint density at radius 3 is 2.33 bits per heavy atom. The van der Waals surface area contributed by atoms with Gasteiger partial charge in [-0.2, -0.15) is 0 Å². The topological polar surface area (TPSA) is 111 Å². The van der Waals surface area contributed by atoms with E-state index < -0.39 is 28.7 Å². The van der Waals surface area contributed by atoms with E-state index >= 15 is 4.39 Å². The lowest BCUT2D eigenvalue weighted by molar-refractivity contribution is -0.143.